The largest absolute Gasteiger partial charge is 0.366 e. The van der Waals surface area contributed by atoms with Crippen LogP contribution < -0.4 is 10.2 Å². The number of anilines is 1. The first-order valence-electron chi connectivity index (χ1n) is 8.14. The third-order valence-corrected chi connectivity index (χ3v) is 5.08. The molecule has 0 radical (unpaired) electrons. The summed E-state index contributed by atoms with van der Waals surface area (Å²) in [7, 11) is 1.90. The summed E-state index contributed by atoms with van der Waals surface area (Å²) in [6, 6.07) is 6.49. The van der Waals surface area contributed by atoms with Crippen molar-refractivity contribution in [3.8, 4) is 0 Å². The molecule has 1 N–H and O–H groups in total. The summed E-state index contributed by atoms with van der Waals surface area (Å²) in [6.45, 7) is 6.25. The van der Waals surface area contributed by atoms with Crippen LogP contribution in [0.15, 0.2) is 18.2 Å². The Kier molecular flexibility index (Phi) is 4.45. The number of halogens is 1. The second kappa shape index (κ2) is 6.32. The summed E-state index contributed by atoms with van der Waals surface area (Å²) in [5.41, 5.74) is 1.78. The normalized spacial score (nSPS) is 24.7. The minimum atomic E-state index is -0.0844. The highest BCUT2D eigenvalue weighted by Gasteiger charge is 2.29. The summed E-state index contributed by atoms with van der Waals surface area (Å²) < 4.78 is 14.5. The van der Waals surface area contributed by atoms with Crippen LogP contribution in [0, 0.1) is 5.82 Å². The average molecular weight is 291 g/mol. The van der Waals surface area contributed by atoms with Crippen molar-refractivity contribution in [1.29, 1.82) is 0 Å². The Morgan fingerprint density at radius 1 is 1.24 bits per heavy atom. The number of rotatable bonds is 3. The third kappa shape index (κ3) is 3.06. The van der Waals surface area contributed by atoms with Crippen molar-refractivity contribution in [1.82, 2.24) is 10.2 Å². The first-order valence-corrected chi connectivity index (χ1v) is 8.14. The molecular formula is C17H26FN3. The van der Waals surface area contributed by atoms with Crippen LogP contribution in [0.4, 0.5) is 10.1 Å². The van der Waals surface area contributed by atoms with Gasteiger partial charge in [0.15, 0.2) is 0 Å². The molecule has 2 fully saturated rings. The smallest absolute Gasteiger partial charge is 0.146 e. The number of piperazine rings is 1. The molecule has 2 aliphatic rings. The Hall–Kier alpha value is -1.13. The van der Waals surface area contributed by atoms with E-state index in [1.165, 1.54) is 25.8 Å². The van der Waals surface area contributed by atoms with Gasteiger partial charge >= 0.3 is 0 Å². The van der Waals surface area contributed by atoms with E-state index in [1.54, 1.807) is 6.07 Å². The second-order valence-corrected chi connectivity index (χ2v) is 6.35. The van der Waals surface area contributed by atoms with E-state index in [0.29, 0.717) is 6.04 Å². The predicted octanol–water partition coefficient (Wildman–Crippen LogP) is 2.78. The van der Waals surface area contributed by atoms with Gasteiger partial charge in [0.2, 0.25) is 0 Å². The van der Waals surface area contributed by atoms with E-state index in [2.05, 4.69) is 22.0 Å². The van der Waals surface area contributed by atoms with Crippen LogP contribution >= 0.6 is 0 Å². The molecular weight excluding hydrogens is 265 g/mol. The van der Waals surface area contributed by atoms with Crippen molar-refractivity contribution in [3.05, 3.63) is 29.6 Å². The van der Waals surface area contributed by atoms with E-state index < -0.39 is 0 Å². The summed E-state index contributed by atoms with van der Waals surface area (Å²) in [6.07, 6.45) is 3.89. The Bertz CT molecular complexity index is 491. The number of fused-ring (bicyclic) bond motifs is 1. The van der Waals surface area contributed by atoms with E-state index >= 15 is 0 Å². The zero-order valence-corrected chi connectivity index (χ0v) is 13.1. The quantitative estimate of drug-likeness (QED) is 0.924. The first kappa shape index (κ1) is 14.8. The third-order valence-electron chi connectivity index (χ3n) is 5.08. The lowest BCUT2D eigenvalue weighted by Gasteiger charge is -2.45. The lowest BCUT2D eigenvalue weighted by Crippen LogP contribution is -2.55. The molecule has 0 aromatic heterocycles. The summed E-state index contributed by atoms with van der Waals surface area (Å²) in [4.78, 5) is 4.81. The molecule has 2 unspecified atom stereocenters. The van der Waals surface area contributed by atoms with Crippen LogP contribution in [-0.2, 0) is 0 Å². The topological polar surface area (TPSA) is 18.5 Å². The van der Waals surface area contributed by atoms with Gasteiger partial charge in [-0.05, 0) is 51.1 Å². The van der Waals surface area contributed by atoms with Crippen molar-refractivity contribution in [2.45, 2.75) is 38.3 Å². The van der Waals surface area contributed by atoms with Crippen molar-refractivity contribution >= 4 is 5.69 Å². The van der Waals surface area contributed by atoms with Crippen molar-refractivity contribution in [2.75, 3.05) is 38.1 Å². The minimum Gasteiger partial charge on any atom is -0.366 e. The average Bonchev–Trinajstić information content (AvgIpc) is 2.53. The molecule has 3 rings (SSSR count). The number of hydrogen-bond acceptors (Lipinski definition) is 3. The standard InChI is InChI=1S/C17H26FN3/c1-13(19-2)14-6-7-17(16(18)11-14)21-10-9-20-8-4-3-5-15(20)12-21/h6-7,11,13,15,19H,3-5,8-10,12H2,1-2H3. The SMILES string of the molecule is CNC(C)c1ccc(N2CCN3CCCCC3C2)c(F)c1. The molecule has 116 valence electrons. The maximum atomic E-state index is 14.5. The van der Waals surface area contributed by atoms with Crippen LogP contribution in [0.3, 0.4) is 0 Å². The lowest BCUT2D eigenvalue weighted by atomic mass is 9.99. The van der Waals surface area contributed by atoms with Crippen LogP contribution in [0.2, 0.25) is 0 Å². The number of hydrogen-bond donors (Lipinski definition) is 1. The molecule has 0 bridgehead atoms. The second-order valence-electron chi connectivity index (χ2n) is 6.35. The lowest BCUT2D eigenvalue weighted by molar-refractivity contribution is 0.133. The van der Waals surface area contributed by atoms with Crippen LogP contribution in [0.1, 0.15) is 37.8 Å². The molecule has 0 aliphatic carbocycles. The predicted molar refractivity (Wildman–Crippen MR) is 85.3 cm³/mol. The van der Waals surface area contributed by atoms with Crippen LogP contribution in [-0.4, -0.2) is 44.2 Å². The van der Waals surface area contributed by atoms with Crippen LogP contribution in [0.25, 0.3) is 0 Å². The molecule has 2 aliphatic heterocycles. The van der Waals surface area contributed by atoms with Gasteiger partial charge in [0.1, 0.15) is 5.82 Å². The number of nitrogens with one attached hydrogen (secondary N) is 1. The van der Waals surface area contributed by atoms with E-state index in [9.17, 15) is 4.39 Å². The Morgan fingerprint density at radius 3 is 2.86 bits per heavy atom. The molecule has 1 aromatic carbocycles. The maximum Gasteiger partial charge on any atom is 0.146 e. The maximum absolute atomic E-state index is 14.5. The van der Waals surface area contributed by atoms with Gasteiger partial charge in [0.25, 0.3) is 0 Å². The van der Waals surface area contributed by atoms with Crippen molar-refractivity contribution in [2.24, 2.45) is 0 Å². The number of piperidine rings is 1. The van der Waals surface area contributed by atoms with Crippen LogP contribution in [0.5, 0.6) is 0 Å². The van der Waals surface area contributed by atoms with Gasteiger partial charge in [0.05, 0.1) is 5.69 Å². The molecule has 2 saturated heterocycles. The summed E-state index contributed by atoms with van der Waals surface area (Å²) in [5, 5.41) is 3.16. The Morgan fingerprint density at radius 2 is 2.10 bits per heavy atom. The van der Waals surface area contributed by atoms with E-state index in [1.807, 2.05) is 19.2 Å². The molecule has 0 amide bonds. The Labute approximate surface area is 127 Å². The fourth-order valence-corrected chi connectivity index (χ4v) is 3.59. The van der Waals surface area contributed by atoms with Gasteiger partial charge in [-0.15, -0.1) is 0 Å². The first-order chi connectivity index (χ1) is 10.2. The molecule has 21 heavy (non-hydrogen) atoms. The molecule has 3 nitrogen and oxygen atoms in total. The molecule has 2 atom stereocenters. The molecule has 1 aromatic rings. The summed E-state index contributed by atoms with van der Waals surface area (Å²) in [5.74, 6) is -0.0844. The highest BCUT2D eigenvalue weighted by atomic mass is 19.1. The van der Waals surface area contributed by atoms with Gasteiger partial charge in [-0.3, -0.25) is 4.90 Å². The van der Waals surface area contributed by atoms with Gasteiger partial charge in [0, 0.05) is 31.7 Å². The monoisotopic (exact) mass is 291 g/mol. The summed E-state index contributed by atoms with van der Waals surface area (Å²) >= 11 is 0. The number of benzene rings is 1. The fraction of sp³-hybridized carbons (Fsp3) is 0.647. The fourth-order valence-electron chi connectivity index (χ4n) is 3.59. The van der Waals surface area contributed by atoms with Crippen molar-refractivity contribution in [3.63, 3.8) is 0 Å². The number of nitrogens with zero attached hydrogens (tertiary/aromatic N) is 2. The zero-order chi connectivity index (χ0) is 14.8. The zero-order valence-electron chi connectivity index (χ0n) is 13.1. The Balaban J connectivity index is 1.74. The molecule has 0 saturated carbocycles. The minimum absolute atomic E-state index is 0.0844. The highest BCUT2D eigenvalue weighted by molar-refractivity contribution is 5.50. The van der Waals surface area contributed by atoms with Gasteiger partial charge in [-0.2, -0.15) is 0 Å². The highest BCUT2D eigenvalue weighted by Crippen LogP contribution is 2.28. The van der Waals surface area contributed by atoms with Gasteiger partial charge in [-0.1, -0.05) is 12.5 Å². The van der Waals surface area contributed by atoms with Gasteiger partial charge in [-0.25, -0.2) is 4.39 Å². The molecule has 2 heterocycles. The van der Waals surface area contributed by atoms with E-state index in [-0.39, 0.29) is 11.9 Å². The molecule has 0 spiro atoms. The van der Waals surface area contributed by atoms with Crippen molar-refractivity contribution < 1.29 is 4.39 Å². The van der Waals surface area contributed by atoms with Gasteiger partial charge < -0.3 is 10.2 Å². The van der Waals surface area contributed by atoms with E-state index in [4.69, 9.17) is 0 Å². The van der Waals surface area contributed by atoms with E-state index in [0.717, 1.165) is 30.9 Å². The molecule has 4 heteroatoms.